The maximum absolute atomic E-state index is 4.31. The van der Waals surface area contributed by atoms with Crippen LogP contribution in [0.4, 0.5) is 0 Å². The van der Waals surface area contributed by atoms with Crippen LogP contribution in [0.3, 0.4) is 0 Å². The van der Waals surface area contributed by atoms with Gasteiger partial charge in [0, 0.05) is 0 Å². The van der Waals surface area contributed by atoms with Gasteiger partial charge in [0.25, 0.3) is 0 Å². The summed E-state index contributed by atoms with van der Waals surface area (Å²) in [5.41, 5.74) is 4.39. The van der Waals surface area contributed by atoms with Gasteiger partial charge in [0.1, 0.15) is 0 Å². The number of hydrogen-bond donors (Lipinski definition) is 0. The van der Waals surface area contributed by atoms with Gasteiger partial charge >= 0.3 is 0 Å². The predicted molar refractivity (Wildman–Crippen MR) is 105 cm³/mol. The molecule has 0 saturated carbocycles. The Labute approximate surface area is 146 Å². The van der Waals surface area contributed by atoms with Gasteiger partial charge in [-0.15, -0.1) is 0 Å². The van der Waals surface area contributed by atoms with E-state index in [2.05, 4.69) is 32.6 Å². The van der Waals surface area contributed by atoms with Crippen molar-refractivity contribution in [2.75, 3.05) is 0 Å². The minimum absolute atomic E-state index is 1.02. The van der Waals surface area contributed by atoms with Crippen molar-refractivity contribution >= 4 is 0 Å². The Morgan fingerprint density at radius 3 is 1.91 bits per heavy atom. The van der Waals surface area contributed by atoms with Gasteiger partial charge in [-0.05, 0) is 54.9 Å². The number of rotatable bonds is 14. The van der Waals surface area contributed by atoms with Crippen molar-refractivity contribution in [2.24, 2.45) is 0 Å². The highest BCUT2D eigenvalue weighted by atomic mass is 14.2. The molecule has 1 aliphatic rings. The van der Waals surface area contributed by atoms with Crippen molar-refractivity contribution in [3.8, 4) is 0 Å². The molecule has 0 heteroatoms. The van der Waals surface area contributed by atoms with Crippen LogP contribution < -0.4 is 0 Å². The average molecular weight is 316 g/mol. The number of hydrogen-bond acceptors (Lipinski definition) is 0. The quantitative estimate of drug-likeness (QED) is 0.284. The minimum Gasteiger partial charge on any atom is -0.0952 e. The van der Waals surface area contributed by atoms with Gasteiger partial charge in [0.05, 0.1) is 0 Å². The second-order valence-corrected chi connectivity index (χ2v) is 7.15. The van der Waals surface area contributed by atoms with Crippen molar-refractivity contribution in [3.05, 3.63) is 35.5 Å². The van der Waals surface area contributed by atoms with E-state index in [4.69, 9.17) is 0 Å². The smallest absolute Gasteiger partial charge is 0.00912 e. The highest BCUT2D eigenvalue weighted by Crippen LogP contribution is 2.30. The molecular weight excluding hydrogens is 276 g/mol. The zero-order valence-electron chi connectivity index (χ0n) is 15.9. The van der Waals surface area contributed by atoms with Gasteiger partial charge in [-0.25, -0.2) is 0 Å². The number of allylic oxidation sites excluding steroid dienone is 5. The van der Waals surface area contributed by atoms with E-state index in [0.717, 1.165) is 6.42 Å². The molecule has 1 rings (SSSR count). The van der Waals surface area contributed by atoms with Crippen LogP contribution in [0.5, 0.6) is 0 Å². The van der Waals surface area contributed by atoms with Crippen LogP contribution in [-0.2, 0) is 0 Å². The molecule has 0 atom stereocenters. The first-order valence-electron chi connectivity index (χ1n) is 10.3. The third-order valence-electron chi connectivity index (χ3n) is 4.98. The second kappa shape index (κ2) is 13.6. The zero-order valence-corrected chi connectivity index (χ0v) is 15.9. The van der Waals surface area contributed by atoms with Crippen LogP contribution in [0.25, 0.3) is 0 Å². The Morgan fingerprint density at radius 2 is 1.30 bits per heavy atom. The van der Waals surface area contributed by atoms with Crippen molar-refractivity contribution in [2.45, 2.75) is 110 Å². The standard InChI is InChI=1S/C23H39/c1-4-6-8-10-12-14-18-22-19-16-17-21(3)23(22)20-15-13-11-9-7-5-2/h16H,3-15,17-18,20H2,1-2H3. The molecule has 0 unspecified atom stereocenters. The summed E-state index contributed by atoms with van der Waals surface area (Å²) in [7, 11) is 0. The van der Waals surface area contributed by atoms with Crippen molar-refractivity contribution in [1.29, 1.82) is 0 Å². The van der Waals surface area contributed by atoms with E-state index < -0.39 is 0 Å². The molecule has 0 aromatic carbocycles. The molecule has 131 valence electrons. The first-order valence-corrected chi connectivity index (χ1v) is 10.3. The molecule has 0 aliphatic heterocycles. The third-order valence-corrected chi connectivity index (χ3v) is 4.98. The maximum atomic E-state index is 4.31. The molecule has 1 radical (unpaired) electrons. The van der Waals surface area contributed by atoms with Gasteiger partial charge in [-0.2, -0.15) is 0 Å². The molecule has 23 heavy (non-hydrogen) atoms. The Kier molecular flexibility index (Phi) is 12.0. The number of unbranched alkanes of at least 4 members (excludes halogenated alkanes) is 10. The summed E-state index contributed by atoms with van der Waals surface area (Å²) in [4.78, 5) is 0. The van der Waals surface area contributed by atoms with E-state index in [-0.39, 0.29) is 0 Å². The lowest BCUT2D eigenvalue weighted by Crippen LogP contribution is -2.00. The van der Waals surface area contributed by atoms with Gasteiger partial charge in [-0.3, -0.25) is 0 Å². The van der Waals surface area contributed by atoms with Crippen LogP contribution in [0.1, 0.15) is 110 Å². The highest BCUT2D eigenvalue weighted by molar-refractivity contribution is 5.41. The van der Waals surface area contributed by atoms with Crippen molar-refractivity contribution in [1.82, 2.24) is 0 Å². The Hall–Kier alpha value is -0.780. The fourth-order valence-corrected chi connectivity index (χ4v) is 3.44. The molecule has 0 aromatic heterocycles. The summed E-state index contributed by atoms with van der Waals surface area (Å²) in [6.45, 7) is 8.88. The molecule has 0 saturated heterocycles. The van der Waals surface area contributed by atoms with Crippen LogP contribution in [0, 0.1) is 6.08 Å². The highest BCUT2D eigenvalue weighted by Gasteiger charge is 2.12. The monoisotopic (exact) mass is 315 g/mol. The molecule has 0 N–H and O–H groups in total. The van der Waals surface area contributed by atoms with E-state index in [1.54, 1.807) is 5.57 Å². The first kappa shape index (κ1) is 20.3. The molecule has 0 nitrogen and oxygen atoms in total. The summed E-state index contributed by atoms with van der Waals surface area (Å²) in [5.74, 6) is 0. The topological polar surface area (TPSA) is 0 Å². The van der Waals surface area contributed by atoms with Crippen LogP contribution in [0.2, 0.25) is 0 Å². The maximum Gasteiger partial charge on any atom is -0.00912 e. The van der Waals surface area contributed by atoms with Gasteiger partial charge < -0.3 is 0 Å². The van der Waals surface area contributed by atoms with Gasteiger partial charge in [0.2, 0.25) is 0 Å². The fourth-order valence-electron chi connectivity index (χ4n) is 3.44. The summed E-state index contributed by atoms with van der Waals surface area (Å²) < 4.78 is 0. The summed E-state index contributed by atoms with van der Waals surface area (Å²) in [6.07, 6.45) is 25.7. The molecule has 0 amide bonds. The lowest BCUT2D eigenvalue weighted by atomic mass is 9.87. The first-order chi connectivity index (χ1) is 11.3. The molecule has 0 aromatic rings. The summed E-state index contributed by atoms with van der Waals surface area (Å²) in [5, 5.41) is 0. The SMILES string of the molecule is C=C1CC=[C]C(CCCCCCCC)=C1CCCCCCCC. The summed E-state index contributed by atoms with van der Waals surface area (Å²) in [6, 6.07) is 0. The van der Waals surface area contributed by atoms with Crippen LogP contribution >= 0.6 is 0 Å². The predicted octanol–water partition coefficient (Wildman–Crippen LogP) is 8.10. The minimum atomic E-state index is 1.02. The van der Waals surface area contributed by atoms with E-state index in [9.17, 15) is 0 Å². The molecule has 0 fully saturated rings. The normalized spacial score (nSPS) is 14.8. The Balaban J connectivity index is 2.31. The fraction of sp³-hybridized carbons (Fsp3) is 0.739. The van der Waals surface area contributed by atoms with E-state index in [0.29, 0.717) is 0 Å². The van der Waals surface area contributed by atoms with Crippen LogP contribution in [-0.4, -0.2) is 0 Å². The molecule has 0 spiro atoms. The molecule has 0 bridgehead atoms. The van der Waals surface area contributed by atoms with E-state index in [1.165, 1.54) is 101 Å². The van der Waals surface area contributed by atoms with Crippen LogP contribution in [0.15, 0.2) is 29.4 Å². The molecule has 1 aliphatic carbocycles. The largest absolute Gasteiger partial charge is 0.0952 e. The van der Waals surface area contributed by atoms with E-state index >= 15 is 0 Å². The second-order valence-electron chi connectivity index (χ2n) is 7.15. The Morgan fingerprint density at radius 1 is 0.783 bits per heavy atom. The Bertz CT molecular complexity index is 369. The lowest BCUT2D eigenvalue weighted by Gasteiger charge is -2.18. The molecule has 0 heterocycles. The zero-order chi connectivity index (χ0) is 16.8. The van der Waals surface area contributed by atoms with Gasteiger partial charge in [-0.1, -0.05) is 90.7 Å². The van der Waals surface area contributed by atoms with Crippen molar-refractivity contribution in [3.63, 3.8) is 0 Å². The average Bonchev–Trinajstić information content (AvgIpc) is 2.56. The van der Waals surface area contributed by atoms with Gasteiger partial charge in [0.15, 0.2) is 0 Å². The third kappa shape index (κ3) is 9.18. The van der Waals surface area contributed by atoms with E-state index in [1.807, 2.05) is 0 Å². The molecular formula is C23H39. The summed E-state index contributed by atoms with van der Waals surface area (Å²) >= 11 is 0. The lowest BCUT2D eigenvalue weighted by molar-refractivity contribution is 0.598. The van der Waals surface area contributed by atoms with Crippen molar-refractivity contribution < 1.29 is 0 Å².